The van der Waals surface area contributed by atoms with Crippen LogP contribution in [-0.4, -0.2) is 52.8 Å². The molecule has 1 aromatic rings. The van der Waals surface area contributed by atoms with Crippen LogP contribution in [0.5, 0.6) is 0 Å². The molecule has 3 fully saturated rings. The third-order valence-corrected chi connectivity index (χ3v) is 5.51. The fourth-order valence-corrected chi connectivity index (χ4v) is 3.83. The fourth-order valence-electron chi connectivity index (χ4n) is 3.83. The summed E-state index contributed by atoms with van der Waals surface area (Å²) in [5.74, 6) is 0.328. The van der Waals surface area contributed by atoms with Crippen molar-refractivity contribution in [3.05, 3.63) is 18.0 Å². The summed E-state index contributed by atoms with van der Waals surface area (Å²) < 4.78 is 7.33. The Labute approximate surface area is 134 Å². The van der Waals surface area contributed by atoms with Crippen LogP contribution in [0.1, 0.15) is 29.6 Å². The first-order valence-corrected chi connectivity index (χ1v) is 8.28. The number of nitrogens with zero attached hydrogens (tertiary/aromatic N) is 3. The van der Waals surface area contributed by atoms with Gasteiger partial charge in [0.05, 0.1) is 23.8 Å². The van der Waals surface area contributed by atoms with Crippen molar-refractivity contribution >= 4 is 11.8 Å². The first-order valence-electron chi connectivity index (χ1n) is 8.28. The number of hydrogen-bond acceptors (Lipinski definition) is 4. The highest BCUT2D eigenvalue weighted by Crippen LogP contribution is 2.42. The van der Waals surface area contributed by atoms with E-state index in [2.05, 4.69) is 5.10 Å². The summed E-state index contributed by atoms with van der Waals surface area (Å²) in [7, 11) is 0. The molecule has 23 heavy (non-hydrogen) atoms. The molecule has 0 spiro atoms. The van der Waals surface area contributed by atoms with Crippen molar-refractivity contribution in [2.24, 2.45) is 23.0 Å². The molecule has 2 aliphatic heterocycles. The summed E-state index contributed by atoms with van der Waals surface area (Å²) >= 11 is 0. The SMILES string of the molecule is NC(=O)[C@]12CCOC[C@H]1CN(C(=O)c1cnn(CC3CC3)c1)C2. The summed E-state index contributed by atoms with van der Waals surface area (Å²) in [6.07, 6.45) is 6.53. The van der Waals surface area contributed by atoms with E-state index in [0.717, 1.165) is 6.54 Å². The molecule has 0 bridgehead atoms. The van der Waals surface area contributed by atoms with Crippen LogP contribution in [0.25, 0.3) is 0 Å². The molecular formula is C16H22N4O3. The average Bonchev–Trinajstić information content (AvgIpc) is 3.09. The van der Waals surface area contributed by atoms with Crippen molar-refractivity contribution in [1.82, 2.24) is 14.7 Å². The third-order valence-electron chi connectivity index (χ3n) is 5.51. The van der Waals surface area contributed by atoms with Gasteiger partial charge in [0, 0.05) is 38.4 Å². The van der Waals surface area contributed by atoms with Crippen molar-refractivity contribution < 1.29 is 14.3 Å². The van der Waals surface area contributed by atoms with E-state index < -0.39 is 5.41 Å². The predicted octanol–water partition coefficient (Wildman–Crippen LogP) is 0.257. The molecule has 0 radical (unpaired) electrons. The Balaban J connectivity index is 1.50. The molecule has 1 aliphatic carbocycles. The molecule has 7 nitrogen and oxygen atoms in total. The Morgan fingerprint density at radius 3 is 2.96 bits per heavy atom. The largest absolute Gasteiger partial charge is 0.381 e. The Kier molecular flexibility index (Phi) is 3.41. The van der Waals surface area contributed by atoms with E-state index >= 15 is 0 Å². The Morgan fingerprint density at radius 1 is 1.43 bits per heavy atom. The summed E-state index contributed by atoms with van der Waals surface area (Å²) in [6.45, 7) is 2.82. The lowest BCUT2D eigenvalue weighted by atomic mass is 9.74. The molecule has 2 atom stereocenters. The minimum Gasteiger partial charge on any atom is -0.381 e. The van der Waals surface area contributed by atoms with E-state index in [4.69, 9.17) is 10.5 Å². The highest BCUT2D eigenvalue weighted by atomic mass is 16.5. The lowest BCUT2D eigenvalue weighted by molar-refractivity contribution is -0.135. The van der Waals surface area contributed by atoms with Gasteiger partial charge in [0.2, 0.25) is 5.91 Å². The van der Waals surface area contributed by atoms with Crippen molar-refractivity contribution in [2.75, 3.05) is 26.3 Å². The normalized spacial score (nSPS) is 30.3. The van der Waals surface area contributed by atoms with E-state index in [9.17, 15) is 9.59 Å². The van der Waals surface area contributed by atoms with Crippen LogP contribution in [0.2, 0.25) is 0 Å². The van der Waals surface area contributed by atoms with Crippen LogP contribution >= 0.6 is 0 Å². The number of ether oxygens (including phenoxy) is 1. The second-order valence-corrected chi connectivity index (χ2v) is 7.12. The van der Waals surface area contributed by atoms with Gasteiger partial charge < -0.3 is 15.4 Å². The number of rotatable bonds is 4. The van der Waals surface area contributed by atoms with Gasteiger partial charge in [-0.2, -0.15) is 5.10 Å². The van der Waals surface area contributed by atoms with Crippen molar-refractivity contribution in [3.63, 3.8) is 0 Å². The highest BCUT2D eigenvalue weighted by molar-refractivity contribution is 5.95. The fraction of sp³-hybridized carbons (Fsp3) is 0.688. The minimum absolute atomic E-state index is 0.000732. The maximum Gasteiger partial charge on any atom is 0.257 e. The zero-order chi connectivity index (χ0) is 16.0. The van der Waals surface area contributed by atoms with Crippen LogP contribution in [0.3, 0.4) is 0 Å². The van der Waals surface area contributed by atoms with Gasteiger partial charge in [-0.1, -0.05) is 0 Å². The number of hydrogen-bond donors (Lipinski definition) is 1. The third kappa shape index (κ3) is 2.52. The number of likely N-dealkylation sites (tertiary alicyclic amines) is 1. The zero-order valence-corrected chi connectivity index (χ0v) is 13.1. The van der Waals surface area contributed by atoms with Gasteiger partial charge in [-0.15, -0.1) is 0 Å². The number of fused-ring (bicyclic) bond motifs is 1. The number of carbonyl (C=O) groups is 2. The lowest BCUT2D eigenvalue weighted by Gasteiger charge is -2.34. The standard InChI is InChI=1S/C16H22N4O3/c17-15(22)16-3-4-23-9-13(16)8-19(10-16)14(21)12-5-18-20(7-12)6-11-1-2-11/h5,7,11,13H,1-4,6,8-10H2,(H2,17,22)/t13-,16+/m1/s1. The van der Waals surface area contributed by atoms with Gasteiger partial charge in [0.25, 0.3) is 5.91 Å². The van der Waals surface area contributed by atoms with Crippen molar-refractivity contribution in [1.29, 1.82) is 0 Å². The van der Waals surface area contributed by atoms with Crippen LogP contribution in [0.4, 0.5) is 0 Å². The van der Waals surface area contributed by atoms with Crippen LogP contribution in [-0.2, 0) is 16.1 Å². The first-order chi connectivity index (χ1) is 11.1. The van der Waals surface area contributed by atoms with E-state index in [1.54, 1.807) is 11.1 Å². The number of amides is 2. The molecule has 3 aliphatic rings. The minimum atomic E-state index is -0.627. The van der Waals surface area contributed by atoms with Crippen LogP contribution < -0.4 is 5.73 Å². The number of carbonyl (C=O) groups excluding carboxylic acids is 2. The first kappa shape index (κ1) is 14.7. The number of nitrogens with two attached hydrogens (primary N) is 1. The Hall–Kier alpha value is -1.89. The van der Waals surface area contributed by atoms with E-state index in [0.29, 0.717) is 44.2 Å². The smallest absolute Gasteiger partial charge is 0.257 e. The molecule has 2 saturated heterocycles. The predicted molar refractivity (Wildman–Crippen MR) is 81.4 cm³/mol. The van der Waals surface area contributed by atoms with Gasteiger partial charge in [0.15, 0.2) is 0 Å². The highest BCUT2D eigenvalue weighted by Gasteiger charge is 2.53. The van der Waals surface area contributed by atoms with Gasteiger partial charge in [-0.25, -0.2) is 0 Å². The molecule has 1 aromatic heterocycles. The van der Waals surface area contributed by atoms with Crippen molar-refractivity contribution in [3.8, 4) is 0 Å². The van der Waals surface area contributed by atoms with Crippen molar-refractivity contribution in [2.45, 2.75) is 25.8 Å². The Bertz CT molecular complexity index is 639. The summed E-state index contributed by atoms with van der Waals surface area (Å²) in [6, 6.07) is 0. The van der Waals surface area contributed by atoms with Gasteiger partial charge >= 0.3 is 0 Å². The van der Waals surface area contributed by atoms with Crippen LogP contribution in [0, 0.1) is 17.3 Å². The molecule has 7 heteroatoms. The molecule has 124 valence electrons. The summed E-state index contributed by atoms with van der Waals surface area (Å²) in [5, 5.41) is 4.28. The molecule has 1 saturated carbocycles. The maximum absolute atomic E-state index is 12.7. The van der Waals surface area contributed by atoms with E-state index in [1.165, 1.54) is 12.8 Å². The number of aromatic nitrogens is 2. The van der Waals surface area contributed by atoms with Gasteiger partial charge in [-0.3, -0.25) is 14.3 Å². The topological polar surface area (TPSA) is 90.5 Å². The molecule has 2 N–H and O–H groups in total. The molecule has 3 heterocycles. The molecule has 4 rings (SSSR count). The summed E-state index contributed by atoms with van der Waals surface area (Å²) in [4.78, 5) is 26.5. The second kappa shape index (κ2) is 5.33. The lowest BCUT2D eigenvalue weighted by Crippen LogP contribution is -2.48. The molecule has 0 aromatic carbocycles. The Morgan fingerprint density at radius 2 is 2.26 bits per heavy atom. The summed E-state index contributed by atoms with van der Waals surface area (Å²) in [5.41, 5.74) is 5.62. The van der Waals surface area contributed by atoms with Gasteiger partial charge in [-0.05, 0) is 25.2 Å². The quantitative estimate of drug-likeness (QED) is 0.862. The van der Waals surface area contributed by atoms with E-state index in [-0.39, 0.29) is 17.7 Å². The maximum atomic E-state index is 12.7. The number of primary amides is 1. The molecule has 2 amide bonds. The zero-order valence-electron chi connectivity index (χ0n) is 13.1. The molecule has 0 unspecified atom stereocenters. The van der Waals surface area contributed by atoms with Crippen LogP contribution in [0.15, 0.2) is 12.4 Å². The average molecular weight is 318 g/mol. The van der Waals surface area contributed by atoms with Gasteiger partial charge in [0.1, 0.15) is 0 Å². The monoisotopic (exact) mass is 318 g/mol. The molecular weight excluding hydrogens is 296 g/mol. The van der Waals surface area contributed by atoms with E-state index in [1.807, 2.05) is 10.9 Å². The second-order valence-electron chi connectivity index (χ2n) is 7.12.